The van der Waals surface area contributed by atoms with E-state index in [1.807, 2.05) is 20.8 Å². The summed E-state index contributed by atoms with van der Waals surface area (Å²) in [4.78, 5) is 18.0. The van der Waals surface area contributed by atoms with E-state index in [1.165, 1.54) is 6.42 Å². The maximum atomic E-state index is 12.0. The second-order valence-electron chi connectivity index (χ2n) is 8.28. The molecule has 2 saturated heterocycles. The van der Waals surface area contributed by atoms with Gasteiger partial charge in [-0.25, -0.2) is 4.79 Å². The number of ether oxygens (including phenoxy) is 2. The highest BCUT2D eigenvalue weighted by atomic mass is 16.6. The van der Waals surface area contributed by atoms with E-state index in [0.29, 0.717) is 24.8 Å². The lowest BCUT2D eigenvalue weighted by atomic mass is 9.96. The number of amides is 1. The number of nitrogens with zero attached hydrogens (tertiary/aromatic N) is 2. The van der Waals surface area contributed by atoms with Gasteiger partial charge in [0.05, 0.1) is 18.2 Å². The van der Waals surface area contributed by atoms with Crippen LogP contribution < -0.4 is 10.6 Å². The number of guanidine groups is 1. The van der Waals surface area contributed by atoms with Crippen molar-refractivity contribution in [1.29, 1.82) is 0 Å². The lowest BCUT2D eigenvalue weighted by molar-refractivity contribution is 0.0278. The lowest BCUT2D eigenvalue weighted by Crippen LogP contribution is -2.49. The molecule has 0 radical (unpaired) electrons. The topological polar surface area (TPSA) is 75.2 Å². The van der Waals surface area contributed by atoms with Crippen LogP contribution in [0.15, 0.2) is 4.99 Å². The average Bonchev–Trinajstić information content (AvgIpc) is 3.12. The van der Waals surface area contributed by atoms with Crippen molar-refractivity contribution in [3.8, 4) is 0 Å². The summed E-state index contributed by atoms with van der Waals surface area (Å²) in [6.07, 6.45) is 3.82. The van der Waals surface area contributed by atoms with Crippen molar-refractivity contribution in [2.24, 2.45) is 10.9 Å². The zero-order valence-corrected chi connectivity index (χ0v) is 16.5. The zero-order chi connectivity index (χ0) is 18.6. The van der Waals surface area contributed by atoms with E-state index in [2.05, 4.69) is 22.5 Å². The number of hydrogen-bond acceptors (Lipinski definition) is 4. The van der Waals surface area contributed by atoms with E-state index in [0.717, 1.165) is 25.3 Å². The number of carbonyl (C=O) groups excluding carboxylic acids is 1. The van der Waals surface area contributed by atoms with Gasteiger partial charge < -0.3 is 25.0 Å². The quantitative estimate of drug-likeness (QED) is 0.583. The first-order valence-electron chi connectivity index (χ1n) is 9.24. The molecule has 1 amide bonds. The predicted molar refractivity (Wildman–Crippen MR) is 98.8 cm³/mol. The molecule has 0 aliphatic carbocycles. The third kappa shape index (κ3) is 6.06. The van der Waals surface area contributed by atoms with Crippen molar-refractivity contribution in [2.75, 3.05) is 27.2 Å². The molecule has 0 spiro atoms. The van der Waals surface area contributed by atoms with Crippen LogP contribution in [0.5, 0.6) is 0 Å². The van der Waals surface area contributed by atoms with Crippen molar-refractivity contribution in [1.82, 2.24) is 15.5 Å². The fraction of sp³-hybridized carbons (Fsp3) is 0.889. The Hall–Kier alpha value is -1.50. The molecule has 0 saturated carbocycles. The van der Waals surface area contributed by atoms with Gasteiger partial charge in [-0.2, -0.15) is 0 Å². The van der Waals surface area contributed by atoms with E-state index < -0.39 is 5.60 Å². The third-order valence-electron chi connectivity index (χ3n) is 4.56. The van der Waals surface area contributed by atoms with Crippen LogP contribution in [0.2, 0.25) is 0 Å². The van der Waals surface area contributed by atoms with E-state index in [1.54, 1.807) is 19.0 Å². The van der Waals surface area contributed by atoms with E-state index in [-0.39, 0.29) is 12.0 Å². The van der Waals surface area contributed by atoms with Crippen molar-refractivity contribution >= 4 is 12.1 Å². The van der Waals surface area contributed by atoms with Crippen LogP contribution in [-0.2, 0) is 9.47 Å². The molecule has 2 aliphatic heterocycles. The standard InChI is InChI=1S/C18H34N4O3/c1-12(11-22(6)17(23)25-18(2,3)4)10-20-16(19-5)21-14-9-13-7-8-15(14)24-13/h12-15H,7-11H2,1-6H3,(H2,19,20,21). The van der Waals surface area contributed by atoms with Gasteiger partial charge in [-0.3, -0.25) is 4.99 Å². The minimum absolute atomic E-state index is 0.271. The second kappa shape index (κ2) is 8.25. The van der Waals surface area contributed by atoms with Crippen LogP contribution in [0.4, 0.5) is 4.79 Å². The van der Waals surface area contributed by atoms with Gasteiger partial charge in [0.15, 0.2) is 5.96 Å². The fourth-order valence-electron chi connectivity index (χ4n) is 3.38. The maximum absolute atomic E-state index is 12.0. The number of rotatable bonds is 5. The summed E-state index contributed by atoms with van der Waals surface area (Å²) >= 11 is 0. The van der Waals surface area contributed by atoms with Crippen molar-refractivity contribution in [2.45, 2.75) is 70.8 Å². The summed E-state index contributed by atoms with van der Waals surface area (Å²) in [5.41, 5.74) is -0.471. The molecule has 144 valence electrons. The van der Waals surface area contributed by atoms with Gasteiger partial charge >= 0.3 is 6.09 Å². The third-order valence-corrected chi connectivity index (χ3v) is 4.56. The van der Waals surface area contributed by atoms with Gasteiger partial charge in [-0.05, 0) is 46.0 Å². The van der Waals surface area contributed by atoms with Gasteiger partial charge in [-0.1, -0.05) is 6.92 Å². The van der Waals surface area contributed by atoms with Crippen LogP contribution in [0.1, 0.15) is 47.0 Å². The molecule has 2 rings (SSSR count). The number of nitrogens with one attached hydrogen (secondary N) is 2. The predicted octanol–water partition coefficient (Wildman–Crippen LogP) is 1.97. The molecule has 4 atom stereocenters. The molecule has 4 unspecified atom stereocenters. The summed E-state index contributed by atoms with van der Waals surface area (Å²) < 4.78 is 11.3. The van der Waals surface area contributed by atoms with Crippen LogP contribution in [0, 0.1) is 5.92 Å². The Bertz CT molecular complexity index is 489. The molecule has 2 fully saturated rings. The molecule has 0 aromatic heterocycles. The Morgan fingerprint density at radius 3 is 2.64 bits per heavy atom. The summed E-state index contributed by atoms with van der Waals surface area (Å²) in [5.74, 6) is 1.07. The largest absolute Gasteiger partial charge is 0.444 e. The number of carbonyl (C=O) groups is 1. The highest BCUT2D eigenvalue weighted by Crippen LogP contribution is 2.34. The Morgan fingerprint density at radius 2 is 2.12 bits per heavy atom. The smallest absolute Gasteiger partial charge is 0.410 e. The van der Waals surface area contributed by atoms with Crippen molar-refractivity contribution in [3.05, 3.63) is 0 Å². The molecule has 2 aliphatic rings. The summed E-state index contributed by atoms with van der Waals surface area (Å²) in [7, 11) is 3.55. The molecule has 7 nitrogen and oxygen atoms in total. The first-order chi connectivity index (χ1) is 11.7. The highest BCUT2D eigenvalue weighted by Gasteiger charge is 2.41. The van der Waals surface area contributed by atoms with E-state index in [9.17, 15) is 4.79 Å². The van der Waals surface area contributed by atoms with E-state index in [4.69, 9.17) is 9.47 Å². The first kappa shape index (κ1) is 19.8. The Balaban J connectivity index is 1.70. The number of fused-ring (bicyclic) bond motifs is 2. The molecule has 2 heterocycles. The Morgan fingerprint density at radius 1 is 1.40 bits per heavy atom. The maximum Gasteiger partial charge on any atom is 0.410 e. The van der Waals surface area contributed by atoms with Crippen LogP contribution in [0.25, 0.3) is 0 Å². The molecule has 2 bridgehead atoms. The summed E-state index contributed by atoms with van der Waals surface area (Å²) in [5, 5.41) is 6.82. The molecular weight excluding hydrogens is 320 g/mol. The SMILES string of the molecule is CN=C(NCC(C)CN(C)C(=O)OC(C)(C)C)NC1CC2CCC1O2. The summed E-state index contributed by atoms with van der Waals surface area (Å²) in [6.45, 7) is 9.07. The monoisotopic (exact) mass is 354 g/mol. The molecular formula is C18H34N4O3. The van der Waals surface area contributed by atoms with Crippen LogP contribution >= 0.6 is 0 Å². The minimum Gasteiger partial charge on any atom is -0.444 e. The number of hydrogen-bond donors (Lipinski definition) is 2. The van der Waals surface area contributed by atoms with E-state index >= 15 is 0 Å². The lowest BCUT2D eigenvalue weighted by Gasteiger charge is -2.27. The number of aliphatic imine (C=N–C) groups is 1. The van der Waals surface area contributed by atoms with Crippen LogP contribution in [-0.4, -0.2) is 68.0 Å². The van der Waals surface area contributed by atoms with Gasteiger partial charge in [-0.15, -0.1) is 0 Å². The molecule has 0 aromatic carbocycles. The normalized spacial score (nSPS) is 27.1. The van der Waals surface area contributed by atoms with Gasteiger partial charge in [0.25, 0.3) is 0 Å². The molecule has 2 N–H and O–H groups in total. The van der Waals surface area contributed by atoms with Gasteiger partial charge in [0.2, 0.25) is 0 Å². The average molecular weight is 354 g/mol. The highest BCUT2D eigenvalue weighted by molar-refractivity contribution is 5.80. The molecule has 25 heavy (non-hydrogen) atoms. The van der Waals surface area contributed by atoms with Crippen molar-refractivity contribution in [3.63, 3.8) is 0 Å². The summed E-state index contributed by atoms with van der Waals surface area (Å²) in [6, 6.07) is 0.352. The van der Waals surface area contributed by atoms with Gasteiger partial charge in [0, 0.05) is 27.2 Å². The Labute approximate surface area is 151 Å². The van der Waals surface area contributed by atoms with Gasteiger partial charge in [0.1, 0.15) is 5.60 Å². The molecule has 0 aromatic rings. The fourth-order valence-corrected chi connectivity index (χ4v) is 3.38. The molecule has 7 heteroatoms. The minimum atomic E-state index is -0.471. The van der Waals surface area contributed by atoms with Crippen molar-refractivity contribution < 1.29 is 14.3 Å². The Kier molecular flexibility index (Phi) is 6.54. The first-order valence-corrected chi connectivity index (χ1v) is 9.24. The second-order valence-corrected chi connectivity index (χ2v) is 8.28. The zero-order valence-electron chi connectivity index (χ0n) is 16.5. The van der Waals surface area contributed by atoms with Crippen LogP contribution in [0.3, 0.4) is 0 Å².